The Labute approximate surface area is 106 Å². The first-order chi connectivity index (χ1) is 8.24. The van der Waals surface area contributed by atoms with E-state index >= 15 is 0 Å². The first-order valence-corrected chi connectivity index (χ1v) is 5.74. The normalized spacial score (nSPS) is 12.4. The lowest BCUT2D eigenvalue weighted by Crippen LogP contribution is -2.50. The standard InChI is InChI=1S/C11H21N3O4/c1-5-7(8(15)16)14-10(18)13-6-11(2,3)9(17)12-4/h7H,5-6H2,1-4H3,(H,12,17)(H,15,16)(H2,13,14,18)/t7-/m1/s1. The van der Waals surface area contributed by atoms with Crippen LogP contribution in [0.5, 0.6) is 0 Å². The number of urea groups is 1. The van der Waals surface area contributed by atoms with E-state index in [9.17, 15) is 14.4 Å². The third kappa shape index (κ3) is 5.03. The number of carbonyl (C=O) groups is 3. The monoisotopic (exact) mass is 259 g/mol. The van der Waals surface area contributed by atoms with Gasteiger partial charge in [-0.15, -0.1) is 0 Å². The van der Waals surface area contributed by atoms with E-state index in [4.69, 9.17) is 5.11 Å². The number of rotatable bonds is 6. The molecule has 7 heteroatoms. The van der Waals surface area contributed by atoms with Crippen LogP contribution in [-0.2, 0) is 9.59 Å². The summed E-state index contributed by atoms with van der Waals surface area (Å²) in [7, 11) is 1.52. The number of hydrogen-bond donors (Lipinski definition) is 4. The third-order valence-electron chi connectivity index (χ3n) is 2.54. The quantitative estimate of drug-likeness (QED) is 0.535. The number of aliphatic carboxylic acids is 1. The maximum Gasteiger partial charge on any atom is 0.326 e. The van der Waals surface area contributed by atoms with Gasteiger partial charge in [-0.2, -0.15) is 0 Å². The molecule has 0 fully saturated rings. The average Bonchev–Trinajstić information content (AvgIpc) is 2.31. The molecule has 1 atom stereocenters. The fourth-order valence-corrected chi connectivity index (χ4v) is 1.27. The van der Waals surface area contributed by atoms with Gasteiger partial charge in [-0.05, 0) is 20.3 Å². The Balaban J connectivity index is 4.26. The van der Waals surface area contributed by atoms with E-state index < -0.39 is 23.5 Å². The van der Waals surface area contributed by atoms with Crippen LogP contribution in [-0.4, -0.2) is 42.6 Å². The Morgan fingerprint density at radius 2 is 1.83 bits per heavy atom. The minimum Gasteiger partial charge on any atom is -0.480 e. The highest BCUT2D eigenvalue weighted by Gasteiger charge is 2.27. The van der Waals surface area contributed by atoms with Crippen LogP contribution in [0.4, 0.5) is 4.79 Å². The van der Waals surface area contributed by atoms with E-state index in [-0.39, 0.29) is 12.5 Å². The number of carbonyl (C=O) groups excluding carboxylic acids is 2. The maximum absolute atomic E-state index is 11.5. The van der Waals surface area contributed by atoms with Gasteiger partial charge in [0, 0.05) is 13.6 Å². The number of carboxylic acids is 1. The Morgan fingerprint density at radius 1 is 1.28 bits per heavy atom. The molecule has 7 nitrogen and oxygen atoms in total. The zero-order valence-electron chi connectivity index (χ0n) is 11.2. The topological polar surface area (TPSA) is 108 Å². The first kappa shape index (κ1) is 16.2. The van der Waals surface area contributed by atoms with Crippen molar-refractivity contribution in [3.05, 3.63) is 0 Å². The first-order valence-electron chi connectivity index (χ1n) is 5.74. The lowest BCUT2D eigenvalue weighted by Gasteiger charge is -2.23. The summed E-state index contributed by atoms with van der Waals surface area (Å²) in [6, 6.07) is -1.52. The van der Waals surface area contributed by atoms with E-state index in [0.717, 1.165) is 0 Å². The SMILES string of the molecule is CC[C@@H](NC(=O)NCC(C)(C)C(=O)NC)C(=O)O. The van der Waals surface area contributed by atoms with Crippen molar-refractivity contribution in [3.8, 4) is 0 Å². The lowest BCUT2D eigenvalue weighted by atomic mass is 9.92. The zero-order valence-corrected chi connectivity index (χ0v) is 11.2. The van der Waals surface area contributed by atoms with Crippen LogP contribution in [0.15, 0.2) is 0 Å². The highest BCUT2D eigenvalue weighted by Crippen LogP contribution is 2.12. The van der Waals surface area contributed by atoms with Gasteiger partial charge in [0.2, 0.25) is 5.91 Å². The van der Waals surface area contributed by atoms with Crippen molar-refractivity contribution in [3.63, 3.8) is 0 Å². The zero-order chi connectivity index (χ0) is 14.3. The minimum atomic E-state index is -1.08. The van der Waals surface area contributed by atoms with Crippen LogP contribution in [0.2, 0.25) is 0 Å². The van der Waals surface area contributed by atoms with Crippen molar-refractivity contribution in [1.82, 2.24) is 16.0 Å². The molecule has 0 aliphatic carbocycles. The Kier molecular flexibility index (Phi) is 6.15. The van der Waals surface area contributed by atoms with Crippen molar-refractivity contribution in [2.24, 2.45) is 5.41 Å². The molecule has 0 radical (unpaired) electrons. The molecule has 0 unspecified atom stereocenters. The predicted octanol–water partition coefficient (Wildman–Crippen LogP) is -0.0790. The van der Waals surface area contributed by atoms with Crippen LogP contribution < -0.4 is 16.0 Å². The molecular formula is C11H21N3O4. The summed E-state index contributed by atoms with van der Waals surface area (Å²) in [6.07, 6.45) is 0.293. The minimum absolute atomic E-state index is 0.120. The van der Waals surface area contributed by atoms with Crippen LogP contribution in [0.3, 0.4) is 0 Å². The molecule has 0 aromatic rings. The van der Waals surface area contributed by atoms with Gasteiger partial charge >= 0.3 is 12.0 Å². The van der Waals surface area contributed by atoms with Crippen LogP contribution in [0.25, 0.3) is 0 Å². The van der Waals surface area contributed by atoms with Crippen molar-refractivity contribution < 1.29 is 19.5 Å². The van der Waals surface area contributed by atoms with Gasteiger partial charge in [0.05, 0.1) is 5.41 Å². The molecular weight excluding hydrogens is 238 g/mol. The molecule has 0 saturated carbocycles. The van der Waals surface area contributed by atoms with Crippen molar-refractivity contribution in [1.29, 1.82) is 0 Å². The van der Waals surface area contributed by atoms with Gasteiger partial charge in [0.1, 0.15) is 6.04 Å². The van der Waals surface area contributed by atoms with Gasteiger partial charge in [-0.1, -0.05) is 6.92 Å². The van der Waals surface area contributed by atoms with Gasteiger partial charge in [0.25, 0.3) is 0 Å². The van der Waals surface area contributed by atoms with Crippen LogP contribution in [0.1, 0.15) is 27.2 Å². The molecule has 18 heavy (non-hydrogen) atoms. The van der Waals surface area contributed by atoms with Crippen molar-refractivity contribution in [2.45, 2.75) is 33.2 Å². The molecule has 0 spiro atoms. The number of nitrogens with one attached hydrogen (secondary N) is 3. The third-order valence-corrected chi connectivity index (χ3v) is 2.54. The average molecular weight is 259 g/mol. The fourth-order valence-electron chi connectivity index (χ4n) is 1.27. The van der Waals surface area contributed by atoms with E-state index in [0.29, 0.717) is 6.42 Å². The summed E-state index contributed by atoms with van der Waals surface area (Å²) in [4.78, 5) is 33.6. The van der Waals surface area contributed by atoms with E-state index in [1.807, 2.05) is 0 Å². The molecule has 0 aliphatic rings. The molecule has 0 bridgehead atoms. The summed E-state index contributed by atoms with van der Waals surface area (Å²) >= 11 is 0. The van der Waals surface area contributed by atoms with Crippen LogP contribution in [0, 0.1) is 5.41 Å². The Bertz CT molecular complexity index is 328. The second-order valence-electron chi connectivity index (χ2n) is 4.59. The van der Waals surface area contributed by atoms with Gasteiger partial charge < -0.3 is 21.1 Å². The second-order valence-corrected chi connectivity index (χ2v) is 4.59. The largest absolute Gasteiger partial charge is 0.480 e. The molecule has 0 saturated heterocycles. The molecule has 3 amide bonds. The highest BCUT2D eigenvalue weighted by atomic mass is 16.4. The number of hydrogen-bond acceptors (Lipinski definition) is 3. The van der Waals surface area contributed by atoms with E-state index in [1.165, 1.54) is 7.05 Å². The predicted molar refractivity (Wildman–Crippen MR) is 66.1 cm³/mol. The molecule has 0 rings (SSSR count). The summed E-state index contributed by atoms with van der Waals surface area (Å²) in [6.45, 7) is 5.14. The fraction of sp³-hybridized carbons (Fsp3) is 0.727. The summed E-state index contributed by atoms with van der Waals surface area (Å²) in [5.74, 6) is -1.29. The van der Waals surface area contributed by atoms with Crippen molar-refractivity contribution in [2.75, 3.05) is 13.6 Å². The second kappa shape index (κ2) is 6.83. The van der Waals surface area contributed by atoms with Gasteiger partial charge in [0.15, 0.2) is 0 Å². The summed E-state index contributed by atoms with van der Waals surface area (Å²) < 4.78 is 0. The molecule has 0 aromatic carbocycles. The number of carboxylic acid groups (broad SMARTS) is 1. The molecule has 0 heterocycles. The van der Waals surface area contributed by atoms with Crippen LogP contribution >= 0.6 is 0 Å². The Hall–Kier alpha value is -1.79. The maximum atomic E-state index is 11.5. The Morgan fingerprint density at radius 3 is 2.22 bits per heavy atom. The smallest absolute Gasteiger partial charge is 0.326 e. The summed E-state index contributed by atoms with van der Waals surface area (Å²) in [5.41, 5.74) is -0.753. The molecule has 0 aliphatic heterocycles. The molecule has 104 valence electrons. The molecule has 0 aromatic heterocycles. The highest BCUT2D eigenvalue weighted by molar-refractivity contribution is 5.84. The van der Waals surface area contributed by atoms with E-state index in [1.54, 1.807) is 20.8 Å². The summed E-state index contributed by atoms with van der Waals surface area (Å²) in [5, 5.41) is 16.1. The lowest BCUT2D eigenvalue weighted by molar-refractivity contribution is -0.139. The van der Waals surface area contributed by atoms with Crippen molar-refractivity contribution >= 4 is 17.9 Å². The number of amides is 3. The molecule has 4 N–H and O–H groups in total. The van der Waals surface area contributed by atoms with Gasteiger partial charge in [-0.3, -0.25) is 4.79 Å². The van der Waals surface area contributed by atoms with Gasteiger partial charge in [-0.25, -0.2) is 9.59 Å². The van der Waals surface area contributed by atoms with E-state index in [2.05, 4.69) is 16.0 Å².